The van der Waals surface area contributed by atoms with Gasteiger partial charge >= 0.3 is 5.97 Å². The number of hydrogen-bond donors (Lipinski definition) is 3. The van der Waals surface area contributed by atoms with Crippen LogP contribution >= 0.6 is 0 Å². The standard InChI is InChI=1S/C21H28N4O4/c1-20(2,12-18(27)28)11-17(26)24-13-21(29)7-4-10-25(14-21)16-6-9-22-15-5-3-8-23-19(15)16/h3,5-6,8-9,29H,4,7,10-14H2,1-2H3,(H,24,26)(H,27,28)/t21-/m0/s1. The molecule has 0 unspecified atom stereocenters. The van der Waals surface area contributed by atoms with Gasteiger partial charge in [-0.15, -0.1) is 0 Å². The van der Waals surface area contributed by atoms with E-state index in [0.717, 1.165) is 29.7 Å². The molecule has 0 spiro atoms. The molecule has 3 heterocycles. The molecule has 1 saturated heterocycles. The van der Waals surface area contributed by atoms with Gasteiger partial charge in [0.25, 0.3) is 0 Å². The number of carbonyl (C=O) groups excluding carboxylic acids is 1. The number of anilines is 1. The molecular formula is C21H28N4O4. The average molecular weight is 400 g/mol. The number of fused-ring (bicyclic) bond motifs is 1. The van der Waals surface area contributed by atoms with Crippen molar-refractivity contribution in [2.45, 2.75) is 45.1 Å². The number of β-amino-alcohol motifs (C(OH)–C–C–N with tert-alkyl or cyclic N) is 1. The number of rotatable bonds is 7. The normalized spacial score (nSPS) is 19.9. The van der Waals surface area contributed by atoms with E-state index in [9.17, 15) is 14.7 Å². The zero-order valence-electron chi connectivity index (χ0n) is 16.9. The van der Waals surface area contributed by atoms with E-state index in [-0.39, 0.29) is 25.3 Å². The second-order valence-electron chi connectivity index (χ2n) is 8.64. The third-order valence-electron chi connectivity index (χ3n) is 5.25. The fraction of sp³-hybridized carbons (Fsp3) is 0.524. The molecule has 3 rings (SSSR count). The molecule has 2 aromatic rings. The molecule has 8 heteroatoms. The number of nitrogens with one attached hydrogen (secondary N) is 1. The van der Waals surface area contributed by atoms with Crippen LogP contribution in [0.4, 0.5) is 5.69 Å². The largest absolute Gasteiger partial charge is 0.481 e. The molecule has 0 radical (unpaired) electrons. The van der Waals surface area contributed by atoms with Crippen LogP contribution in [0.1, 0.15) is 39.5 Å². The highest BCUT2D eigenvalue weighted by molar-refractivity contribution is 5.87. The maximum Gasteiger partial charge on any atom is 0.303 e. The van der Waals surface area contributed by atoms with Crippen molar-refractivity contribution in [3.63, 3.8) is 0 Å². The Morgan fingerprint density at radius 1 is 1.24 bits per heavy atom. The van der Waals surface area contributed by atoms with Gasteiger partial charge in [0.1, 0.15) is 5.52 Å². The van der Waals surface area contributed by atoms with Crippen LogP contribution in [0.2, 0.25) is 0 Å². The Hall–Kier alpha value is -2.74. The van der Waals surface area contributed by atoms with Crippen molar-refractivity contribution < 1.29 is 19.8 Å². The van der Waals surface area contributed by atoms with E-state index in [2.05, 4.69) is 20.2 Å². The molecule has 0 aromatic carbocycles. The number of hydrogen-bond acceptors (Lipinski definition) is 6. The molecular weight excluding hydrogens is 372 g/mol. The van der Waals surface area contributed by atoms with Gasteiger partial charge in [0.2, 0.25) is 5.91 Å². The van der Waals surface area contributed by atoms with Gasteiger partial charge in [-0.3, -0.25) is 19.6 Å². The predicted molar refractivity (Wildman–Crippen MR) is 110 cm³/mol. The summed E-state index contributed by atoms with van der Waals surface area (Å²) in [4.78, 5) is 34.1. The lowest BCUT2D eigenvalue weighted by Crippen LogP contribution is -2.54. The number of aromatic nitrogens is 2. The van der Waals surface area contributed by atoms with E-state index >= 15 is 0 Å². The molecule has 156 valence electrons. The summed E-state index contributed by atoms with van der Waals surface area (Å²) in [6.45, 7) is 4.79. The van der Waals surface area contributed by atoms with Crippen LogP contribution in [0.3, 0.4) is 0 Å². The molecule has 3 N–H and O–H groups in total. The van der Waals surface area contributed by atoms with E-state index in [0.29, 0.717) is 13.0 Å². The molecule has 8 nitrogen and oxygen atoms in total. The molecule has 0 aliphatic carbocycles. The minimum absolute atomic E-state index is 0.0828. The van der Waals surface area contributed by atoms with Gasteiger partial charge < -0.3 is 20.4 Å². The average Bonchev–Trinajstić information content (AvgIpc) is 2.64. The van der Waals surface area contributed by atoms with Crippen LogP contribution in [0.15, 0.2) is 30.6 Å². The van der Waals surface area contributed by atoms with Gasteiger partial charge in [0.15, 0.2) is 0 Å². The maximum atomic E-state index is 12.3. The van der Waals surface area contributed by atoms with E-state index in [1.165, 1.54) is 0 Å². The molecule has 1 amide bonds. The van der Waals surface area contributed by atoms with Crippen molar-refractivity contribution in [2.75, 3.05) is 24.5 Å². The van der Waals surface area contributed by atoms with Crippen LogP contribution in [-0.4, -0.2) is 57.3 Å². The summed E-state index contributed by atoms with van der Waals surface area (Å²) < 4.78 is 0. The molecule has 1 aliphatic heterocycles. The molecule has 1 atom stereocenters. The number of aliphatic hydroxyl groups is 1. The third-order valence-corrected chi connectivity index (χ3v) is 5.25. The topological polar surface area (TPSA) is 116 Å². The van der Waals surface area contributed by atoms with Crippen molar-refractivity contribution in [3.8, 4) is 0 Å². The van der Waals surface area contributed by atoms with Crippen molar-refractivity contribution in [2.24, 2.45) is 5.41 Å². The van der Waals surface area contributed by atoms with E-state index in [1.807, 2.05) is 18.2 Å². The van der Waals surface area contributed by atoms with E-state index in [4.69, 9.17) is 5.11 Å². The van der Waals surface area contributed by atoms with Crippen molar-refractivity contribution in [1.29, 1.82) is 0 Å². The number of aliphatic carboxylic acids is 1. The summed E-state index contributed by atoms with van der Waals surface area (Å²) in [6.07, 6.45) is 4.84. The SMILES string of the molecule is CC(C)(CC(=O)O)CC(=O)NC[C@@]1(O)CCCN(c2ccnc3cccnc23)C1. The van der Waals surface area contributed by atoms with Crippen LogP contribution in [-0.2, 0) is 9.59 Å². The number of amides is 1. The first-order chi connectivity index (χ1) is 13.7. The Morgan fingerprint density at radius 3 is 2.79 bits per heavy atom. The molecule has 1 aliphatic rings. The Morgan fingerprint density at radius 2 is 2.03 bits per heavy atom. The Labute approximate surface area is 170 Å². The first kappa shape index (κ1) is 21.0. The monoisotopic (exact) mass is 400 g/mol. The number of carbonyl (C=O) groups is 2. The molecule has 2 aromatic heterocycles. The number of pyridine rings is 2. The summed E-state index contributed by atoms with van der Waals surface area (Å²) in [5.74, 6) is -1.18. The van der Waals surface area contributed by atoms with Gasteiger partial charge in [0, 0.05) is 38.4 Å². The second-order valence-corrected chi connectivity index (χ2v) is 8.64. The smallest absolute Gasteiger partial charge is 0.303 e. The summed E-state index contributed by atoms with van der Waals surface area (Å²) in [7, 11) is 0. The highest BCUT2D eigenvalue weighted by Crippen LogP contribution is 2.30. The van der Waals surface area contributed by atoms with Gasteiger partial charge in [-0.2, -0.15) is 0 Å². The van der Waals surface area contributed by atoms with Crippen LogP contribution < -0.4 is 10.2 Å². The fourth-order valence-electron chi connectivity index (χ4n) is 3.92. The van der Waals surface area contributed by atoms with Crippen LogP contribution in [0.25, 0.3) is 11.0 Å². The van der Waals surface area contributed by atoms with Gasteiger partial charge in [-0.05, 0) is 36.5 Å². The second kappa shape index (κ2) is 8.32. The van der Waals surface area contributed by atoms with Gasteiger partial charge in [0.05, 0.1) is 23.2 Å². The number of carboxylic acids is 1. The van der Waals surface area contributed by atoms with Crippen molar-refractivity contribution in [1.82, 2.24) is 15.3 Å². The van der Waals surface area contributed by atoms with Crippen LogP contribution in [0, 0.1) is 5.41 Å². The van der Waals surface area contributed by atoms with Gasteiger partial charge in [-0.1, -0.05) is 13.8 Å². The van der Waals surface area contributed by atoms with Crippen molar-refractivity contribution in [3.05, 3.63) is 30.6 Å². The minimum atomic E-state index is -1.06. The third kappa shape index (κ3) is 5.41. The number of nitrogens with zero attached hydrogens (tertiary/aromatic N) is 3. The van der Waals surface area contributed by atoms with Crippen molar-refractivity contribution >= 4 is 28.6 Å². The first-order valence-corrected chi connectivity index (χ1v) is 9.83. The lowest BCUT2D eigenvalue weighted by Gasteiger charge is -2.40. The summed E-state index contributed by atoms with van der Waals surface area (Å²) in [6, 6.07) is 5.64. The Kier molecular flexibility index (Phi) is 6.02. The lowest BCUT2D eigenvalue weighted by atomic mass is 9.85. The number of piperidine rings is 1. The van der Waals surface area contributed by atoms with Gasteiger partial charge in [-0.25, -0.2) is 0 Å². The zero-order chi connectivity index (χ0) is 21.1. The lowest BCUT2D eigenvalue weighted by molar-refractivity contribution is -0.139. The fourth-order valence-corrected chi connectivity index (χ4v) is 3.92. The highest BCUT2D eigenvalue weighted by atomic mass is 16.4. The first-order valence-electron chi connectivity index (χ1n) is 9.83. The van der Waals surface area contributed by atoms with E-state index in [1.54, 1.807) is 26.2 Å². The summed E-state index contributed by atoms with van der Waals surface area (Å²) in [5, 5.41) is 22.8. The zero-order valence-corrected chi connectivity index (χ0v) is 16.9. The molecule has 0 bridgehead atoms. The predicted octanol–water partition coefficient (Wildman–Crippen LogP) is 1.97. The molecule has 0 saturated carbocycles. The minimum Gasteiger partial charge on any atom is -0.481 e. The summed E-state index contributed by atoms with van der Waals surface area (Å²) in [5.41, 5.74) is 0.808. The Balaban J connectivity index is 1.65. The Bertz CT molecular complexity index is 896. The molecule has 29 heavy (non-hydrogen) atoms. The highest BCUT2D eigenvalue weighted by Gasteiger charge is 2.35. The van der Waals surface area contributed by atoms with E-state index < -0.39 is 17.0 Å². The maximum absolute atomic E-state index is 12.3. The quantitative estimate of drug-likeness (QED) is 0.651. The van der Waals surface area contributed by atoms with Crippen LogP contribution in [0.5, 0.6) is 0 Å². The molecule has 1 fully saturated rings. The summed E-state index contributed by atoms with van der Waals surface area (Å²) >= 11 is 0. The number of carboxylic acid groups (broad SMARTS) is 1.